The van der Waals surface area contributed by atoms with E-state index in [1.165, 1.54) is 31.3 Å². The van der Waals surface area contributed by atoms with Gasteiger partial charge in [-0.2, -0.15) is 9.03 Å². The summed E-state index contributed by atoms with van der Waals surface area (Å²) in [5, 5.41) is 25.1. The number of esters is 4. The van der Waals surface area contributed by atoms with E-state index in [2.05, 4.69) is 58.0 Å². The smallest absolute Gasteiger partial charge is 0.326 e. The number of nitrogens with one attached hydrogen (secondary N) is 3. The average molecular weight is 1150 g/mol. The number of likely N-dealkylation sites (N-methyl/N-ethyl adjacent to an activating group) is 1. The van der Waals surface area contributed by atoms with Crippen molar-refractivity contribution < 1.29 is 84.4 Å². The van der Waals surface area contributed by atoms with Crippen molar-refractivity contribution >= 4 is 67.6 Å². The largest absolute Gasteiger partial charge is 0.480 e. The number of carboxylic acids is 2. The number of ketones is 1. The van der Waals surface area contributed by atoms with Crippen LogP contribution < -0.4 is 15.4 Å². The standard InChI is InChI=1S/C29H34N2O9S.C27H30N2O9S/c1-19-9-11-21(12-10-19)41(37,38)31-24(26(33)34)18-29(25(32)23-8-5-17-30-23)15-13-20(14-16-29)6-4-7-22(27(35)39-2)28(36)40-3;1-18-8-14-21(15-9-18)39(35,36)29(2)17-24(30)28-23(25(31)32)16-20-12-10-19(11-13-20)6-5-7-22(26(33)37-3)27(34)38-4/h9-15,22-24,30-31H,5,7-8,16-18H2,1-3H3,(H,33,34);8-15,22-23H,7,16-17H2,1-4H3,(H,28,30)(H,31,32)/t23-,24?,29?;/m0./s1. The molecule has 428 valence electrons. The minimum atomic E-state index is -4.19. The van der Waals surface area contributed by atoms with Crippen LogP contribution in [0.25, 0.3) is 0 Å². The van der Waals surface area contributed by atoms with Crippen molar-refractivity contribution in [2.24, 2.45) is 17.3 Å². The van der Waals surface area contributed by atoms with E-state index in [4.69, 9.17) is 0 Å². The van der Waals surface area contributed by atoms with E-state index in [-0.39, 0.29) is 47.7 Å². The number of benzene rings is 3. The summed E-state index contributed by atoms with van der Waals surface area (Å²) in [6, 6.07) is 15.2. The molecule has 0 bridgehead atoms. The van der Waals surface area contributed by atoms with Gasteiger partial charge in [0.1, 0.15) is 12.1 Å². The average Bonchev–Trinajstić information content (AvgIpc) is 4.01. The Morgan fingerprint density at radius 1 is 0.713 bits per heavy atom. The third-order valence-electron chi connectivity index (χ3n) is 12.8. The second-order valence-corrected chi connectivity index (χ2v) is 22.3. The lowest BCUT2D eigenvalue weighted by molar-refractivity contribution is -0.160. The highest BCUT2D eigenvalue weighted by atomic mass is 32.2. The lowest BCUT2D eigenvalue weighted by Gasteiger charge is -2.35. The molecule has 0 saturated carbocycles. The molecule has 5 rings (SSSR count). The van der Waals surface area contributed by atoms with Crippen LogP contribution in [0.4, 0.5) is 0 Å². The molecule has 24 heteroatoms. The van der Waals surface area contributed by atoms with E-state index in [0.717, 1.165) is 50.3 Å². The first kappa shape index (κ1) is 64.5. The summed E-state index contributed by atoms with van der Waals surface area (Å²) in [6.07, 6.45) is 5.63. The second-order valence-electron chi connectivity index (χ2n) is 18.5. The van der Waals surface area contributed by atoms with Gasteiger partial charge in [-0.05, 0) is 94.1 Å². The molecule has 3 aromatic carbocycles. The Hall–Kier alpha value is -8.00. The second kappa shape index (κ2) is 29.8. The molecule has 1 aliphatic carbocycles. The number of carbonyl (C=O) groups excluding carboxylic acids is 6. The molecule has 1 saturated heterocycles. The van der Waals surface area contributed by atoms with Crippen LogP contribution in [0.15, 0.2) is 106 Å². The lowest BCUT2D eigenvalue weighted by atomic mass is 9.70. The van der Waals surface area contributed by atoms with Gasteiger partial charge >= 0.3 is 35.8 Å². The van der Waals surface area contributed by atoms with E-state index in [1.54, 1.807) is 73.7 Å². The molecule has 0 spiro atoms. The van der Waals surface area contributed by atoms with Gasteiger partial charge in [-0.3, -0.25) is 33.6 Å². The van der Waals surface area contributed by atoms with Crippen LogP contribution in [0.3, 0.4) is 0 Å². The number of nitrogens with zero attached hydrogens (tertiary/aromatic N) is 1. The predicted molar refractivity (Wildman–Crippen MR) is 287 cm³/mol. The zero-order valence-corrected chi connectivity index (χ0v) is 46.7. The molecule has 5 N–H and O–H groups in total. The number of amides is 1. The van der Waals surface area contributed by atoms with Gasteiger partial charge in [-0.25, -0.2) is 21.6 Å². The van der Waals surface area contributed by atoms with Crippen molar-refractivity contribution in [2.75, 3.05) is 48.6 Å². The summed E-state index contributed by atoms with van der Waals surface area (Å²) in [5.41, 5.74) is 2.03. The number of rotatable bonds is 22. The molecule has 4 atom stereocenters. The van der Waals surface area contributed by atoms with Crippen LogP contribution >= 0.6 is 0 Å². The normalized spacial score (nSPS) is 16.4. The highest BCUT2D eigenvalue weighted by Crippen LogP contribution is 2.38. The fraction of sp³-hybridized carbons (Fsp3) is 0.393. The number of Topliss-reactive ketones (excluding diaryl/α,β-unsaturated/α-hetero) is 1. The first-order valence-electron chi connectivity index (χ1n) is 24.7. The predicted octanol–water partition coefficient (Wildman–Crippen LogP) is 2.80. The van der Waals surface area contributed by atoms with Gasteiger partial charge in [0, 0.05) is 37.4 Å². The van der Waals surface area contributed by atoms with Crippen molar-refractivity contribution in [3.8, 4) is 23.7 Å². The number of hydrogen-bond acceptors (Lipinski definition) is 17. The van der Waals surface area contributed by atoms with E-state index in [1.807, 2.05) is 6.92 Å². The Balaban J connectivity index is 0.000000345. The van der Waals surface area contributed by atoms with Crippen LogP contribution in [0, 0.1) is 54.8 Å². The molecule has 3 unspecified atom stereocenters. The van der Waals surface area contributed by atoms with Gasteiger partial charge in [0.2, 0.25) is 26.0 Å². The Morgan fingerprint density at radius 2 is 1.21 bits per heavy atom. The highest BCUT2D eigenvalue weighted by molar-refractivity contribution is 7.89. The summed E-state index contributed by atoms with van der Waals surface area (Å²) in [4.78, 5) is 97.4. The number of aliphatic carboxylic acids is 2. The molecule has 80 heavy (non-hydrogen) atoms. The minimum Gasteiger partial charge on any atom is -0.480 e. The van der Waals surface area contributed by atoms with Gasteiger partial charge in [0.15, 0.2) is 17.6 Å². The molecule has 0 aromatic heterocycles. The SMILES string of the molecule is COC(=O)C(CC#CC1=CCC(CC(NS(=O)(=O)c2ccc(C)cc2)C(=O)O)(C(=O)[C@@H]2CCCN2)C=C1)C(=O)OC.COC(=O)C(CC#Cc1ccc(CC(NC(=O)CN(C)S(=O)(=O)c2ccc(C)cc2)C(=O)O)cc1)C(=O)OC. The number of methoxy groups -OCH3 is 4. The Labute approximate surface area is 464 Å². The number of allylic oxidation sites excluding steroid dienone is 4. The number of hydrogen-bond donors (Lipinski definition) is 5. The topological polar surface area (TPSA) is 322 Å². The Bertz CT molecular complexity index is 3150. The van der Waals surface area contributed by atoms with Crippen LogP contribution in [0.1, 0.15) is 60.8 Å². The van der Waals surface area contributed by atoms with Crippen LogP contribution in [-0.2, 0) is 83.8 Å². The monoisotopic (exact) mass is 1140 g/mol. The van der Waals surface area contributed by atoms with E-state index >= 15 is 0 Å². The Kier molecular flexibility index (Phi) is 24.1. The molecule has 0 radical (unpaired) electrons. The maximum Gasteiger partial charge on any atom is 0.326 e. The van der Waals surface area contributed by atoms with Crippen LogP contribution in [-0.4, -0.2) is 146 Å². The summed E-state index contributed by atoms with van der Waals surface area (Å²) >= 11 is 0. The summed E-state index contributed by atoms with van der Waals surface area (Å²) < 4.78 is 73.0. The third-order valence-corrected chi connectivity index (χ3v) is 16.1. The number of ether oxygens (including phenoxy) is 4. The quantitative estimate of drug-likeness (QED) is 0.0418. The van der Waals surface area contributed by atoms with Crippen molar-refractivity contribution in [3.63, 3.8) is 0 Å². The minimum absolute atomic E-state index is 0.0208. The van der Waals surface area contributed by atoms with E-state index in [0.29, 0.717) is 29.7 Å². The zero-order valence-electron chi connectivity index (χ0n) is 45.1. The van der Waals surface area contributed by atoms with Crippen molar-refractivity contribution in [2.45, 2.75) is 86.7 Å². The zero-order chi connectivity index (χ0) is 59.4. The lowest BCUT2D eigenvalue weighted by Crippen LogP contribution is -2.49. The molecule has 2 aliphatic rings. The number of sulfonamides is 2. The maximum atomic E-state index is 13.7. The molecule has 22 nitrogen and oxygen atoms in total. The molecule has 1 heterocycles. The summed E-state index contributed by atoms with van der Waals surface area (Å²) in [7, 11) is -2.27. The molecule has 3 aromatic rings. The molecule has 1 aliphatic heterocycles. The van der Waals surface area contributed by atoms with Crippen molar-refractivity contribution in [3.05, 3.63) is 119 Å². The Morgan fingerprint density at radius 3 is 1.66 bits per heavy atom. The molecular weight excluding hydrogens is 1080 g/mol. The van der Waals surface area contributed by atoms with E-state index in [9.17, 15) is 65.4 Å². The molecule has 1 amide bonds. The number of aryl methyl sites for hydroxylation is 2. The maximum absolute atomic E-state index is 13.7. The fourth-order valence-electron chi connectivity index (χ4n) is 8.16. The van der Waals surface area contributed by atoms with Gasteiger partial charge < -0.3 is 39.8 Å². The van der Waals surface area contributed by atoms with E-state index < -0.39 is 104 Å². The van der Waals surface area contributed by atoms with Gasteiger partial charge in [0.25, 0.3) is 0 Å². The van der Waals surface area contributed by atoms with Gasteiger partial charge in [-0.1, -0.05) is 83.4 Å². The summed E-state index contributed by atoms with van der Waals surface area (Å²) in [6.45, 7) is 3.70. The number of carbonyl (C=O) groups is 8. The number of carboxylic acid groups (broad SMARTS) is 2. The van der Waals surface area contributed by atoms with Gasteiger partial charge in [0.05, 0.1) is 56.2 Å². The first-order valence-corrected chi connectivity index (χ1v) is 27.7. The van der Waals surface area contributed by atoms with Crippen molar-refractivity contribution in [1.82, 2.24) is 19.7 Å². The fourth-order valence-corrected chi connectivity index (χ4v) is 10.5. The summed E-state index contributed by atoms with van der Waals surface area (Å²) in [5.74, 6) is 2.00. The van der Waals surface area contributed by atoms with Crippen LogP contribution in [0.5, 0.6) is 0 Å². The van der Waals surface area contributed by atoms with Crippen molar-refractivity contribution in [1.29, 1.82) is 0 Å². The first-order chi connectivity index (χ1) is 37.8. The van der Waals surface area contributed by atoms with Crippen LogP contribution in [0.2, 0.25) is 0 Å². The van der Waals surface area contributed by atoms with Gasteiger partial charge in [-0.15, -0.1) is 0 Å². The molecular formula is C56H64N4O18S2. The third kappa shape index (κ3) is 18.3. The molecule has 1 fully saturated rings. The highest BCUT2D eigenvalue weighted by Gasteiger charge is 2.45.